The third-order valence-corrected chi connectivity index (χ3v) is 7.04. The molecule has 0 unspecified atom stereocenters. The molecule has 1 aromatic heterocycles. The first kappa shape index (κ1) is 24.8. The molecule has 0 aliphatic heterocycles. The molecular formula is C31H33NO5. The molecule has 3 aromatic carbocycles. The van der Waals surface area contributed by atoms with E-state index < -0.39 is 0 Å². The van der Waals surface area contributed by atoms with Gasteiger partial charge in [-0.05, 0) is 85.9 Å². The van der Waals surface area contributed by atoms with Gasteiger partial charge in [-0.3, -0.25) is 0 Å². The van der Waals surface area contributed by atoms with Gasteiger partial charge < -0.3 is 24.3 Å². The zero-order chi connectivity index (χ0) is 25.8. The van der Waals surface area contributed by atoms with Gasteiger partial charge in [0, 0.05) is 17.0 Å². The summed E-state index contributed by atoms with van der Waals surface area (Å²) in [6, 6.07) is 17.4. The number of aromatic amines is 1. The summed E-state index contributed by atoms with van der Waals surface area (Å²) in [5.74, 6) is 1.29. The first-order valence-electron chi connectivity index (χ1n) is 13.0. The molecule has 192 valence electrons. The second kappa shape index (κ2) is 11.0. The molecule has 6 heteroatoms. The van der Waals surface area contributed by atoms with E-state index in [1.165, 1.54) is 24.0 Å². The number of hydrogen-bond donors (Lipinski definition) is 2. The Morgan fingerprint density at radius 1 is 1.05 bits per heavy atom. The summed E-state index contributed by atoms with van der Waals surface area (Å²) in [4.78, 5) is 16.2. The van der Waals surface area contributed by atoms with Crippen LogP contribution in [0.15, 0.2) is 54.6 Å². The lowest BCUT2D eigenvalue weighted by Crippen LogP contribution is -2.10. The van der Waals surface area contributed by atoms with E-state index in [1.54, 1.807) is 26.2 Å². The van der Waals surface area contributed by atoms with Gasteiger partial charge in [0.25, 0.3) is 0 Å². The molecule has 0 radical (unpaired) electrons. The summed E-state index contributed by atoms with van der Waals surface area (Å²) >= 11 is 0. The molecular weight excluding hydrogens is 466 g/mol. The number of H-pyrrole nitrogens is 1. The van der Waals surface area contributed by atoms with Crippen molar-refractivity contribution < 1.29 is 24.1 Å². The number of nitrogens with one attached hydrogen (secondary N) is 1. The molecule has 0 atom stereocenters. The Morgan fingerprint density at radius 3 is 2.73 bits per heavy atom. The fourth-order valence-electron chi connectivity index (χ4n) is 5.32. The van der Waals surface area contributed by atoms with Gasteiger partial charge in [-0.15, -0.1) is 0 Å². The van der Waals surface area contributed by atoms with Crippen LogP contribution in [0.2, 0.25) is 0 Å². The standard InChI is InChI=1S/C31H33NO5/c1-3-36-31(34)30-27(14-8-16-37-28-15-6-10-20-9-4-5-11-24(20)28)26-13-7-12-25(29(26)32-30)21-17-22(33)19-23(18-21)35-2/h6-7,10,12-13,15,17-19,32-33H,3-5,8-9,11,14,16H2,1-2H3. The lowest BCUT2D eigenvalue weighted by atomic mass is 9.91. The molecule has 1 aliphatic rings. The van der Waals surface area contributed by atoms with Gasteiger partial charge in [0.1, 0.15) is 22.9 Å². The Kier molecular flexibility index (Phi) is 7.35. The van der Waals surface area contributed by atoms with Crippen LogP contribution in [0.1, 0.15) is 53.4 Å². The van der Waals surface area contributed by atoms with Crippen LogP contribution in [-0.4, -0.2) is 36.4 Å². The van der Waals surface area contributed by atoms with Crippen LogP contribution < -0.4 is 9.47 Å². The van der Waals surface area contributed by atoms with E-state index in [1.807, 2.05) is 24.3 Å². The van der Waals surface area contributed by atoms with Crippen molar-refractivity contribution in [2.24, 2.45) is 0 Å². The maximum absolute atomic E-state index is 12.9. The fraction of sp³-hybridized carbons (Fsp3) is 0.323. The average Bonchev–Trinajstić information content (AvgIpc) is 3.29. The monoisotopic (exact) mass is 499 g/mol. The third kappa shape index (κ3) is 5.15. The van der Waals surface area contributed by atoms with Crippen LogP contribution >= 0.6 is 0 Å². The maximum Gasteiger partial charge on any atom is 0.355 e. The number of carbonyl (C=O) groups is 1. The highest BCUT2D eigenvalue weighted by molar-refractivity contribution is 6.03. The summed E-state index contributed by atoms with van der Waals surface area (Å²) in [6.07, 6.45) is 6.06. The largest absolute Gasteiger partial charge is 0.508 e. The van der Waals surface area contributed by atoms with Gasteiger partial charge >= 0.3 is 5.97 Å². The Balaban J connectivity index is 1.43. The van der Waals surface area contributed by atoms with Gasteiger partial charge in [0.15, 0.2) is 0 Å². The number of methoxy groups -OCH3 is 1. The van der Waals surface area contributed by atoms with Gasteiger partial charge in [-0.25, -0.2) is 4.79 Å². The quantitative estimate of drug-likeness (QED) is 0.200. The molecule has 0 spiro atoms. The summed E-state index contributed by atoms with van der Waals surface area (Å²) < 4.78 is 16.9. The van der Waals surface area contributed by atoms with Crippen molar-refractivity contribution in [3.63, 3.8) is 0 Å². The van der Waals surface area contributed by atoms with E-state index in [0.717, 1.165) is 52.6 Å². The van der Waals surface area contributed by atoms with Crippen molar-refractivity contribution in [2.75, 3.05) is 20.3 Å². The van der Waals surface area contributed by atoms with Crippen molar-refractivity contribution in [3.05, 3.63) is 77.0 Å². The predicted molar refractivity (Wildman–Crippen MR) is 145 cm³/mol. The highest BCUT2D eigenvalue weighted by Crippen LogP contribution is 2.36. The Labute approximate surface area is 217 Å². The molecule has 0 bridgehead atoms. The molecule has 4 aromatic rings. The van der Waals surface area contributed by atoms with E-state index in [4.69, 9.17) is 14.2 Å². The minimum absolute atomic E-state index is 0.115. The van der Waals surface area contributed by atoms with Crippen molar-refractivity contribution in [1.29, 1.82) is 0 Å². The molecule has 1 aliphatic carbocycles. The number of aromatic hydroxyl groups is 1. The van der Waals surface area contributed by atoms with E-state index in [-0.39, 0.29) is 11.7 Å². The van der Waals surface area contributed by atoms with Crippen molar-refractivity contribution in [3.8, 4) is 28.4 Å². The average molecular weight is 500 g/mol. The second-order valence-corrected chi connectivity index (χ2v) is 9.40. The van der Waals surface area contributed by atoms with Crippen molar-refractivity contribution in [1.82, 2.24) is 4.98 Å². The lowest BCUT2D eigenvalue weighted by Gasteiger charge is -2.19. The summed E-state index contributed by atoms with van der Waals surface area (Å²) in [7, 11) is 1.57. The number of fused-ring (bicyclic) bond motifs is 2. The SMILES string of the molecule is CCOC(=O)c1[nH]c2c(-c3cc(O)cc(OC)c3)cccc2c1CCCOc1cccc2c1CCCC2. The van der Waals surface area contributed by atoms with E-state index >= 15 is 0 Å². The molecule has 6 nitrogen and oxygen atoms in total. The van der Waals surface area contributed by atoms with Crippen LogP contribution in [0.25, 0.3) is 22.0 Å². The molecule has 5 rings (SSSR count). The Bertz CT molecular complexity index is 1420. The number of phenols is 1. The van der Waals surface area contributed by atoms with Gasteiger partial charge in [0.05, 0.1) is 25.8 Å². The number of para-hydroxylation sites is 1. The number of ether oxygens (including phenoxy) is 3. The second-order valence-electron chi connectivity index (χ2n) is 9.40. The molecule has 0 saturated heterocycles. The summed E-state index contributed by atoms with van der Waals surface area (Å²) in [6.45, 7) is 2.67. The number of hydrogen-bond acceptors (Lipinski definition) is 5. The molecule has 2 N–H and O–H groups in total. The van der Waals surface area contributed by atoms with Crippen molar-refractivity contribution in [2.45, 2.75) is 45.4 Å². The first-order chi connectivity index (χ1) is 18.1. The molecule has 1 heterocycles. The number of phenolic OH excluding ortho intramolecular Hbond substituents is 1. The van der Waals surface area contributed by atoms with Crippen LogP contribution in [0, 0.1) is 0 Å². The molecule has 37 heavy (non-hydrogen) atoms. The number of benzene rings is 3. The van der Waals surface area contributed by atoms with Crippen molar-refractivity contribution >= 4 is 16.9 Å². The number of carbonyl (C=O) groups excluding carboxylic acids is 1. The summed E-state index contributed by atoms with van der Waals surface area (Å²) in [5, 5.41) is 11.2. The molecule has 0 saturated carbocycles. The van der Waals surface area contributed by atoms with Gasteiger partial charge in [0.2, 0.25) is 0 Å². The van der Waals surface area contributed by atoms with Gasteiger partial charge in [-0.1, -0.05) is 30.3 Å². The number of esters is 1. The van der Waals surface area contributed by atoms with Gasteiger partial charge in [-0.2, -0.15) is 0 Å². The van der Waals surface area contributed by atoms with Crippen LogP contribution in [0.4, 0.5) is 0 Å². The topological polar surface area (TPSA) is 80.8 Å². The fourth-order valence-corrected chi connectivity index (χ4v) is 5.32. The smallest absolute Gasteiger partial charge is 0.355 e. The van der Waals surface area contributed by atoms with E-state index in [0.29, 0.717) is 31.1 Å². The highest BCUT2D eigenvalue weighted by Gasteiger charge is 2.21. The minimum atomic E-state index is -0.369. The zero-order valence-electron chi connectivity index (χ0n) is 21.4. The van der Waals surface area contributed by atoms with Crippen LogP contribution in [0.3, 0.4) is 0 Å². The third-order valence-electron chi connectivity index (χ3n) is 7.04. The maximum atomic E-state index is 12.9. The van der Waals surface area contributed by atoms with Crippen LogP contribution in [-0.2, 0) is 24.0 Å². The van der Waals surface area contributed by atoms with E-state index in [9.17, 15) is 9.90 Å². The predicted octanol–water partition coefficient (Wildman–Crippen LogP) is 6.62. The normalized spacial score (nSPS) is 12.8. The minimum Gasteiger partial charge on any atom is -0.508 e. The van der Waals surface area contributed by atoms with Crippen LogP contribution in [0.5, 0.6) is 17.2 Å². The number of aromatic nitrogens is 1. The highest BCUT2D eigenvalue weighted by atomic mass is 16.5. The molecule has 0 fully saturated rings. The number of aryl methyl sites for hydroxylation is 2. The first-order valence-corrected chi connectivity index (χ1v) is 13.0. The zero-order valence-corrected chi connectivity index (χ0v) is 21.4. The summed E-state index contributed by atoms with van der Waals surface area (Å²) in [5.41, 5.74) is 6.62. The Morgan fingerprint density at radius 2 is 1.89 bits per heavy atom. The molecule has 0 amide bonds. The Hall–Kier alpha value is -3.93. The van der Waals surface area contributed by atoms with E-state index in [2.05, 4.69) is 23.2 Å². The lowest BCUT2D eigenvalue weighted by molar-refractivity contribution is 0.0519. The number of rotatable bonds is 9.